The maximum atomic E-state index is 10.8. The van der Waals surface area contributed by atoms with Crippen molar-refractivity contribution < 1.29 is 9.53 Å². The summed E-state index contributed by atoms with van der Waals surface area (Å²) in [6.45, 7) is 2.92. The summed E-state index contributed by atoms with van der Waals surface area (Å²) in [4.78, 5) is 10.8. The van der Waals surface area contributed by atoms with Gasteiger partial charge in [0.2, 0.25) is 0 Å². The Hall–Kier alpha value is -1.82. The summed E-state index contributed by atoms with van der Waals surface area (Å²) in [6.07, 6.45) is 0.407. The number of esters is 1. The third-order valence-electron chi connectivity index (χ3n) is 1.99. The standard InChI is InChI=1S/C12H13NO2/c1-10(14)15-12(2,9-13)8-11-6-4-3-5-7-11/h3-7H,8H2,1-2H3. The molecule has 3 heteroatoms. The third kappa shape index (κ3) is 3.43. The van der Waals surface area contributed by atoms with Crippen molar-refractivity contribution in [1.82, 2.24) is 0 Å². The van der Waals surface area contributed by atoms with Crippen LogP contribution in [0.25, 0.3) is 0 Å². The number of hydrogen-bond acceptors (Lipinski definition) is 3. The van der Waals surface area contributed by atoms with Crippen molar-refractivity contribution in [3.63, 3.8) is 0 Å². The average Bonchev–Trinajstić information content (AvgIpc) is 2.18. The first-order valence-corrected chi connectivity index (χ1v) is 4.70. The van der Waals surface area contributed by atoms with E-state index in [-0.39, 0.29) is 0 Å². The van der Waals surface area contributed by atoms with Gasteiger partial charge in [-0.15, -0.1) is 0 Å². The van der Waals surface area contributed by atoms with Crippen molar-refractivity contribution in [2.75, 3.05) is 0 Å². The van der Waals surface area contributed by atoms with Gasteiger partial charge in [-0.05, 0) is 12.5 Å². The smallest absolute Gasteiger partial charge is 0.304 e. The Balaban J connectivity index is 2.78. The van der Waals surface area contributed by atoms with Crippen molar-refractivity contribution >= 4 is 5.97 Å². The van der Waals surface area contributed by atoms with E-state index >= 15 is 0 Å². The van der Waals surface area contributed by atoms with Crippen LogP contribution in [0.15, 0.2) is 30.3 Å². The van der Waals surface area contributed by atoms with Gasteiger partial charge in [0.15, 0.2) is 5.60 Å². The summed E-state index contributed by atoms with van der Waals surface area (Å²) in [5, 5.41) is 8.97. The van der Waals surface area contributed by atoms with E-state index in [4.69, 9.17) is 10.00 Å². The Morgan fingerprint density at radius 1 is 1.47 bits per heavy atom. The molecule has 0 N–H and O–H groups in total. The zero-order chi connectivity index (χ0) is 11.3. The lowest BCUT2D eigenvalue weighted by molar-refractivity contribution is -0.150. The summed E-state index contributed by atoms with van der Waals surface area (Å²) < 4.78 is 4.99. The minimum absolute atomic E-state index is 0.407. The molecule has 0 heterocycles. The van der Waals surface area contributed by atoms with Gasteiger partial charge in [0.1, 0.15) is 6.07 Å². The molecule has 0 aliphatic carbocycles. The highest BCUT2D eigenvalue weighted by atomic mass is 16.6. The first kappa shape index (κ1) is 11.3. The van der Waals surface area contributed by atoms with E-state index in [2.05, 4.69) is 0 Å². The van der Waals surface area contributed by atoms with Crippen LogP contribution in [0.5, 0.6) is 0 Å². The second-order valence-electron chi connectivity index (χ2n) is 3.60. The molecule has 0 saturated carbocycles. The molecule has 1 atom stereocenters. The first-order chi connectivity index (χ1) is 7.06. The Morgan fingerprint density at radius 2 is 2.07 bits per heavy atom. The molecule has 0 aliphatic rings. The van der Waals surface area contributed by atoms with Crippen molar-refractivity contribution in [3.05, 3.63) is 35.9 Å². The van der Waals surface area contributed by atoms with E-state index in [1.165, 1.54) is 6.92 Å². The molecular weight excluding hydrogens is 190 g/mol. The van der Waals surface area contributed by atoms with Gasteiger partial charge in [-0.1, -0.05) is 30.3 Å². The molecule has 78 valence electrons. The molecule has 1 aromatic rings. The van der Waals surface area contributed by atoms with Crippen molar-refractivity contribution in [3.8, 4) is 6.07 Å². The minimum atomic E-state index is -1.08. The highest BCUT2D eigenvalue weighted by molar-refractivity contribution is 5.67. The van der Waals surface area contributed by atoms with Crippen LogP contribution in [-0.2, 0) is 16.0 Å². The van der Waals surface area contributed by atoms with Crippen LogP contribution in [0.4, 0.5) is 0 Å². The third-order valence-corrected chi connectivity index (χ3v) is 1.99. The van der Waals surface area contributed by atoms with Crippen LogP contribution < -0.4 is 0 Å². The summed E-state index contributed by atoms with van der Waals surface area (Å²) >= 11 is 0. The molecule has 1 aromatic carbocycles. The normalized spacial score (nSPS) is 13.7. The average molecular weight is 203 g/mol. The fraction of sp³-hybridized carbons (Fsp3) is 0.333. The molecule has 0 amide bonds. The van der Waals surface area contributed by atoms with E-state index in [1.807, 2.05) is 36.4 Å². The molecule has 1 unspecified atom stereocenters. The van der Waals surface area contributed by atoms with Crippen molar-refractivity contribution in [1.29, 1.82) is 5.26 Å². The highest BCUT2D eigenvalue weighted by Crippen LogP contribution is 2.16. The summed E-state index contributed by atoms with van der Waals surface area (Å²) in [5.74, 6) is -0.435. The lowest BCUT2D eigenvalue weighted by Crippen LogP contribution is -2.31. The molecule has 0 radical (unpaired) electrons. The molecule has 1 rings (SSSR count). The summed E-state index contributed by atoms with van der Waals surface area (Å²) in [6, 6.07) is 11.5. The van der Waals surface area contributed by atoms with Crippen LogP contribution in [0.2, 0.25) is 0 Å². The second kappa shape index (κ2) is 4.61. The number of carbonyl (C=O) groups excluding carboxylic acids is 1. The molecule has 0 aliphatic heterocycles. The van der Waals surface area contributed by atoms with Gasteiger partial charge in [-0.2, -0.15) is 5.26 Å². The molecule has 0 aromatic heterocycles. The van der Waals surface area contributed by atoms with E-state index in [0.717, 1.165) is 5.56 Å². The Labute approximate surface area is 89.3 Å². The first-order valence-electron chi connectivity index (χ1n) is 4.70. The molecule has 0 spiro atoms. The quantitative estimate of drug-likeness (QED) is 0.706. The van der Waals surface area contributed by atoms with Gasteiger partial charge in [-0.3, -0.25) is 4.79 Å². The monoisotopic (exact) mass is 203 g/mol. The predicted molar refractivity (Wildman–Crippen MR) is 55.9 cm³/mol. The summed E-state index contributed by atoms with van der Waals surface area (Å²) in [5.41, 5.74) is -0.101. The molecule has 0 fully saturated rings. The Bertz CT molecular complexity index is 380. The zero-order valence-electron chi connectivity index (χ0n) is 8.86. The lowest BCUT2D eigenvalue weighted by atomic mass is 9.98. The van der Waals surface area contributed by atoms with Crippen LogP contribution in [0, 0.1) is 11.3 Å². The number of carbonyl (C=O) groups is 1. The highest BCUT2D eigenvalue weighted by Gasteiger charge is 2.27. The summed E-state index contributed by atoms with van der Waals surface area (Å²) in [7, 11) is 0. The fourth-order valence-electron chi connectivity index (χ4n) is 1.40. The molecule has 0 saturated heterocycles. The van der Waals surface area contributed by atoms with Gasteiger partial charge in [-0.25, -0.2) is 0 Å². The maximum absolute atomic E-state index is 10.8. The van der Waals surface area contributed by atoms with Crippen molar-refractivity contribution in [2.24, 2.45) is 0 Å². The Kier molecular flexibility index (Phi) is 3.46. The van der Waals surface area contributed by atoms with E-state index in [9.17, 15) is 4.79 Å². The zero-order valence-corrected chi connectivity index (χ0v) is 8.86. The van der Waals surface area contributed by atoms with Gasteiger partial charge in [0.25, 0.3) is 0 Å². The van der Waals surface area contributed by atoms with Crippen molar-refractivity contribution in [2.45, 2.75) is 25.9 Å². The fourth-order valence-corrected chi connectivity index (χ4v) is 1.40. The predicted octanol–water partition coefficient (Wildman–Crippen LogP) is 2.07. The number of nitriles is 1. The van der Waals surface area contributed by atoms with E-state index < -0.39 is 11.6 Å². The largest absolute Gasteiger partial charge is 0.444 e. The maximum Gasteiger partial charge on any atom is 0.304 e. The minimum Gasteiger partial charge on any atom is -0.444 e. The molecule has 15 heavy (non-hydrogen) atoms. The van der Waals surface area contributed by atoms with Crippen LogP contribution in [-0.4, -0.2) is 11.6 Å². The van der Waals surface area contributed by atoms with Crippen LogP contribution in [0.1, 0.15) is 19.4 Å². The van der Waals surface area contributed by atoms with E-state index in [1.54, 1.807) is 6.92 Å². The number of nitrogens with zero attached hydrogens (tertiary/aromatic N) is 1. The number of hydrogen-bond donors (Lipinski definition) is 0. The molecule has 3 nitrogen and oxygen atoms in total. The Morgan fingerprint density at radius 3 is 2.53 bits per heavy atom. The second-order valence-corrected chi connectivity index (χ2v) is 3.60. The number of ether oxygens (including phenoxy) is 1. The van der Waals surface area contributed by atoms with Gasteiger partial charge in [0.05, 0.1) is 0 Å². The van der Waals surface area contributed by atoms with Crippen LogP contribution >= 0.6 is 0 Å². The molecular formula is C12H13NO2. The van der Waals surface area contributed by atoms with E-state index in [0.29, 0.717) is 6.42 Å². The SMILES string of the molecule is CC(=O)OC(C)(C#N)Cc1ccccc1. The van der Waals surface area contributed by atoms with Crippen LogP contribution in [0.3, 0.4) is 0 Å². The van der Waals surface area contributed by atoms with Gasteiger partial charge < -0.3 is 4.74 Å². The van der Waals surface area contributed by atoms with Gasteiger partial charge >= 0.3 is 5.97 Å². The number of benzene rings is 1. The lowest BCUT2D eigenvalue weighted by Gasteiger charge is -2.21. The molecule has 0 bridgehead atoms. The topological polar surface area (TPSA) is 50.1 Å². The van der Waals surface area contributed by atoms with Gasteiger partial charge in [0, 0.05) is 13.3 Å². The number of rotatable bonds is 3.